The maximum absolute atomic E-state index is 12.8. The number of fused-ring (bicyclic) bond motifs is 1. The number of rotatable bonds is 9. The fourth-order valence-corrected chi connectivity index (χ4v) is 5.22. The van der Waals surface area contributed by atoms with E-state index in [1.807, 2.05) is 30.3 Å². The number of benzene rings is 2. The SMILES string of the molecule is COc1cc2c(cc1OC)C(=C(C#N)SCC(CN1CCOCC1)OC(=O)c1ccccc1)NCC2. The lowest BCUT2D eigenvalue weighted by molar-refractivity contribution is 0.00150. The van der Waals surface area contributed by atoms with Gasteiger partial charge in [-0.2, -0.15) is 5.26 Å². The van der Waals surface area contributed by atoms with E-state index in [9.17, 15) is 10.1 Å². The number of thioether (sulfide) groups is 1. The van der Waals surface area contributed by atoms with Crippen molar-refractivity contribution >= 4 is 23.4 Å². The van der Waals surface area contributed by atoms with Gasteiger partial charge in [-0.05, 0) is 36.2 Å². The molecular weight excluding hydrogens is 478 g/mol. The van der Waals surface area contributed by atoms with Gasteiger partial charge in [0.2, 0.25) is 0 Å². The van der Waals surface area contributed by atoms with Gasteiger partial charge in [-0.25, -0.2) is 4.79 Å². The Hall–Kier alpha value is -3.19. The van der Waals surface area contributed by atoms with Crippen molar-refractivity contribution in [1.82, 2.24) is 10.2 Å². The lowest BCUT2D eigenvalue weighted by Gasteiger charge is -2.30. The van der Waals surface area contributed by atoms with Crippen LogP contribution in [0.1, 0.15) is 21.5 Å². The van der Waals surface area contributed by atoms with Crippen LogP contribution < -0.4 is 14.8 Å². The number of hydrogen-bond donors (Lipinski definition) is 1. The summed E-state index contributed by atoms with van der Waals surface area (Å²) in [6.45, 7) is 4.18. The van der Waals surface area contributed by atoms with Crippen molar-refractivity contribution < 1.29 is 23.7 Å². The number of methoxy groups -OCH3 is 2. The van der Waals surface area contributed by atoms with E-state index in [1.54, 1.807) is 26.4 Å². The van der Waals surface area contributed by atoms with Crippen molar-refractivity contribution in [3.8, 4) is 17.6 Å². The smallest absolute Gasteiger partial charge is 0.338 e. The van der Waals surface area contributed by atoms with Gasteiger partial charge in [-0.15, -0.1) is 11.8 Å². The highest BCUT2D eigenvalue weighted by Crippen LogP contribution is 2.37. The first-order chi connectivity index (χ1) is 17.6. The van der Waals surface area contributed by atoms with Gasteiger partial charge in [-0.1, -0.05) is 18.2 Å². The molecule has 0 radical (unpaired) electrons. The molecule has 2 aromatic rings. The molecule has 1 unspecified atom stereocenters. The molecule has 36 heavy (non-hydrogen) atoms. The van der Waals surface area contributed by atoms with Crippen LogP contribution in [0.5, 0.6) is 11.5 Å². The normalized spacial score (nSPS) is 17.7. The van der Waals surface area contributed by atoms with E-state index in [2.05, 4.69) is 16.3 Å². The molecule has 2 heterocycles. The number of ether oxygens (including phenoxy) is 4. The van der Waals surface area contributed by atoms with E-state index in [0.29, 0.717) is 54.0 Å². The average Bonchev–Trinajstić information content (AvgIpc) is 2.93. The second-order valence-corrected chi connectivity index (χ2v) is 9.50. The van der Waals surface area contributed by atoms with Crippen molar-refractivity contribution in [2.24, 2.45) is 0 Å². The number of nitriles is 1. The van der Waals surface area contributed by atoms with Crippen LogP contribution in [0.25, 0.3) is 5.70 Å². The molecule has 0 bridgehead atoms. The number of allylic oxidation sites excluding steroid dienone is 1. The largest absolute Gasteiger partial charge is 0.493 e. The summed E-state index contributed by atoms with van der Waals surface area (Å²) in [5.41, 5.74) is 3.30. The fraction of sp³-hybridized carbons (Fsp3) is 0.407. The third-order valence-corrected chi connectivity index (χ3v) is 7.29. The first-order valence-electron chi connectivity index (χ1n) is 12.0. The van der Waals surface area contributed by atoms with E-state index < -0.39 is 6.10 Å². The molecule has 2 aliphatic rings. The Kier molecular flexibility index (Phi) is 9.11. The first kappa shape index (κ1) is 25.9. The fourth-order valence-electron chi connectivity index (χ4n) is 4.31. The van der Waals surface area contributed by atoms with E-state index in [-0.39, 0.29) is 5.97 Å². The lowest BCUT2D eigenvalue weighted by atomic mass is 9.97. The van der Waals surface area contributed by atoms with Gasteiger partial charge in [0, 0.05) is 37.5 Å². The third-order valence-electron chi connectivity index (χ3n) is 6.17. The Morgan fingerprint density at radius 1 is 1.17 bits per heavy atom. The molecule has 190 valence electrons. The quantitative estimate of drug-likeness (QED) is 0.404. The minimum Gasteiger partial charge on any atom is -0.493 e. The zero-order chi connectivity index (χ0) is 25.3. The summed E-state index contributed by atoms with van der Waals surface area (Å²) < 4.78 is 22.3. The number of hydrogen-bond acceptors (Lipinski definition) is 9. The standard InChI is InChI=1S/C27H31N3O5S/c1-32-23-14-20-8-9-29-26(22(20)15-24(23)33-2)25(16-28)36-18-21(17-30-10-12-34-13-11-30)35-27(31)19-6-4-3-5-7-19/h3-7,14-15,21,29H,8-13,17-18H2,1-2H3. The van der Waals surface area contributed by atoms with Crippen LogP contribution in [0.4, 0.5) is 0 Å². The molecule has 0 aromatic heterocycles. The topological polar surface area (TPSA) is 93.1 Å². The van der Waals surface area contributed by atoms with Gasteiger partial charge in [0.15, 0.2) is 11.5 Å². The minimum atomic E-state index is -0.391. The Morgan fingerprint density at radius 3 is 2.58 bits per heavy atom. The van der Waals surface area contributed by atoms with Crippen LogP contribution >= 0.6 is 11.8 Å². The van der Waals surface area contributed by atoms with Gasteiger partial charge in [-0.3, -0.25) is 4.90 Å². The summed E-state index contributed by atoms with van der Waals surface area (Å²) in [6.07, 6.45) is 0.426. The average molecular weight is 510 g/mol. The second kappa shape index (κ2) is 12.7. The summed E-state index contributed by atoms with van der Waals surface area (Å²) in [6, 6.07) is 15.2. The van der Waals surface area contributed by atoms with E-state index in [1.165, 1.54) is 11.8 Å². The monoisotopic (exact) mass is 509 g/mol. The molecule has 1 fully saturated rings. The van der Waals surface area contributed by atoms with Crippen LogP contribution in [0.15, 0.2) is 47.4 Å². The molecule has 2 aromatic carbocycles. The van der Waals surface area contributed by atoms with Crippen LogP contribution in [-0.4, -0.2) is 76.3 Å². The molecule has 0 aliphatic carbocycles. The van der Waals surface area contributed by atoms with Gasteiger partial charge >= 0.3 is 5.97 Å². The highest BCUT2D eigenvalue weighted by molar-refractivity contribution is 8.03. The third kappa shape index (κ3) is 6.32. The van der Waals surface area contributed by atoms with E-state index in [0.717, 1.165) is 36.3 Å². The summed E-state index contributed by atoms with van der Waals surface area (Å²) in [5, 5.41) is 13.5. The number of carbonyl (C=O) groups excluding carboxylic acids is 1. The number of morpholine rings is 1. The van der Waals surface area contributed by atoms with Gasteiger partial charge in [0.1, 0.15) is 17.1 Å². The number of carbonyl (C=O) groups is 1. The molecule has 0 amide bonds. The Labute approximate surface area is 216 Å². The number of nitrogens with zero attached hydrogens (tertiary/aromatic N) is 2. The molecule has 8 nitrogen and oxygen atoms in total. The van der Waals surface area contributed by atoms with Crippen LogP contribution in [0.3, 0.4) is 0 Å². The minimum absolute atomic E-state index is 0.362. The molecule has 0 saturated carbocycles. The second-order valence-electron chi connectivity index (χ2n) is 8.47. The highest BCUT2D eigenvalue weighted by atomic mass is 32.2. The highest BCUT2D eigenvalue weighted by Gasteiger charge is 2.25. The van der Waals surface area contributed by atoms with Crippen molar-refractivity contribution in [3.63, 3.8) is 0 Å². The van der Waals surface area contributed by atoms with E-state index in [4.69, 9.17) is 18.9 Å². The molecule has 0 spiro atoms. The van der Waals surface area contributed by atoms with E-state index >= 15 is 0 Å². The van der Waals surface area contributed by atoms with Crippen molar-refractivity contribution in [2.45, 2.75) is 12.5 Å². The number of esters is 1. The number of nitrogens with one attached hydrogen (secondary N) is 1. The summed E-state index contributed by atoms with van der Waals surface area (Å²) in [5.74, 6) is 1.37. The van der Waals surface area contributed by atoms with Crippen molar-refractivity contribution in [1.29, 1.82) is 5.26 Å². The first-order valence-corrected chi connectivity index (χ1v) is 12.9. The van der Waals surface area contributed by atoms with Crippen molar-refractivity contribution in [3.05, 3.63) is 64.1 Å². The maximum Gasteiger partial charge on any atom is 0.338 e. The molecule has 1 saturated heterocycles. The van der Waals surface area contributed by atoms with Gasteiger partial charge in [0.05, 0.1) is 38.7 Å². The Bertz CT molecular complexity index is 1130. The summed E-state index contributed by atoms with van der Waals surface area (Å²) in [4.78, 5) is 15.6. The van der Waals surface area contributed by atoms with Gasteiger partial charge in [0.25, 0.3) is 0 Å². The Balaban J connectivity index is 1.55. The predicted molar refractivity (Wildman–Crippen MR) is 139 cm³/mol. The molecule has 4 rings (SSSR count). The molecule has 2 aliphatic heterocycles. The molecular formula is C27H31N3O5S. The summed E-state index contributed by atoms with van der Waals surface area (Å²) >= 11 is 1.40. The lowest BCUT2D eigenvalue weighted by Crippen LogP contribution is -2.43. The van der Waals surface area contributed by atoms with Gasteiger partial charge < -0.3 is 24.3 Å². The molecule has 9 heteroatoms. The predicted octanol–water partition coefficient (Wildman–Crippen LogP) is 3.33. The zero-order valence-corrected chi connectivity index (χ0v) is 21.4. The maximum atomic E-state index is 12.8. The summed E-state index contributed by atoms with van der Waals surface area (Å²) in [7, 11) is 3.21. The zero-order valence-electron chi connectivity index (χ0n) is 20.6. The molecule has 1 atom stereocenters. The van der Waals surface area contributed by atoms with Crippen LogP contribution in [0.2, 0.25) is 0 Å². The van der Waals surface area contributed by atoms with Crippen LogP contribution in [0, 0.1) is 11.3 Å². The van der Waals surface area contributed by atoms with Crippen molar-refractivity contribution in [2.75, 3.05) is 59.4 Å². The van der Waals surface area contributed by atoms with Crippen LogP contribution in [-0.2, 0) is 15.9 Å². The molecule has 1 N–H and O–H groups in total. The Morgan fingerprint density at radius 2 is 1.89 bits per heavy atom.